The molecule has 0 saturated heterocycles. The van der Waals surface area contributed by atoms with Crippen molar-refractivity contribution in [1.29, 1.82) is 0 Å². The fourth-order valence-electron chi connectivity index (χ4n) is 0.969. The Bertz CT molecular complexity index is 99.7. The van der Waals surface area contributed by atoms with Crippen LogP contribution >= 0.6 is 0 Å². The monoisotopic (exact) mass is 156 g/mol. The molecule has 2 nitrogen and oxygen atoms in total. The Morgan fingerprint density at radius 3 is 2.27 bits per heavy atom. The van der Waals surface area contributed by atoms with Crippen LogP contribution in [0.4, 0.5) is 0 Å². The number of nitrogens with zero attached hydrogens (tertiary/aromatic N) is 2. The lowest BCUT2D eigenvalue weighted by molar-refractivity contribution is 0.322. The zero-order valence-corrected chi connectivity index (χ0v) is 8.01. The van der Waals surface area contributed by atoms with E-state index in [1.807, 2.05) is 6.08 Å². The summed E-state index contributed by atoms with van der Waals surface area (Å²) >= 11 is 0. The third-order valence-corrected chi connectivity index (χ3v) is 1.59. The van der Waals surface area contributed by atoms with E-state index in [0.717, 1.165) is 13.1 Å². The average Bonchev–Trinajstić information content (AvgIpc) is 1.87. The summed E-state index contributed by atoms with van der Waals surface area (Å²) in [5.41, 5.74) is 0. The Hall–Kier alpha value is -0.340. The lowest BCUT2D eigenvalue weighted by atomic mass is 10.4. The van der Waals surface area contributed by atoms with Gasteiger partial charge in [-0.05, 0) is 40.7 Å². The number of hydrogen-bond acceptors (Lipinski definition) is 2. The van der Waals surface area contributed by atoms with Crippen LogP contribution in [0.25, 0.3) is 0 Å². The van der Waals surface area contributed by atoms with E-state index in [1.165, 1.54) is 13.0 Å². The molecule has 0 N–H and O–H groups in total. The van der Waals surface area contributed by atoms with E-state index >= 15 is 0 Å². The molecule has 0 radical (unpaired) electrons. The molecule has 66 valence electrons. The maximum absolute atomic E-state index is 3.69. The van der Waals surface area contributed by atoms with Crippen molar-refractivity contribution < 1.29 is 0 Å². The largest absolute Gasteiger partial charge is 0.309 e. The normalized spacial score (nSPS) is 11.0. The maximum Gasteiger partial charge on any atom is 0.0157 e. The molecule has 0 aliphatic heterocycles. The van der Waals surface area contributed by atoms with Gasteiger partial charge in [0, 0.05) is 6.54 Å². The third-order valence-electron chi connectivity index (χ3n) is 1.59. The molecule has 0 fully saturated rings. The predicted octanol–water partition coefficient (Wildman–Crippen LogP) is 1.06. The van der Waals surface area contributed by atoms with E-state index in [1.54, 1.807) is 0 Å². The van der Waals surface area contributed by atoms with Crippen LogP contribution in [0.15, 0.2) is 12.7 Å². The van der Waals surface area contributed by atoms with E-state index in [0.29, 0.717) is 0 Å². The fourth-order valence-corrected chi connectivity index (χ4v) is 0.969. The first-order valence-electron chi connectivity index (χ1n) is 4.11. The van der Waals surface area contributed by atoms with Crippen LogP contribution in [0.1, 0.15) is 6.42 Å². The van der Waals surface area contributed by atoms with Crippen LogP contribution in [0.5, 0.6) is 0 Å². The summed E-state index contributed by atoms with van der Waals surface area (Å²) in [6.07, 6.45) is 3.17. The second kappa shape index (κ2) is 6.38. The van der Waals surface area contributed by atoms with E-state index in [2.05, 4.69) is 37.5 Å². The quantitative estimate of drug-likeness (QED) is 0.530. The lowest BCUT2D eigenvalue weighted by Gasteiger charge is -2.15. The summed E-state index contributed by atoms with van der Waals surface area (Å²) in [6, 6.07) is 0. The fraction of sp³-hybridized carbons (Fsp3) is 0.778. The summed E-state index contributed by atoms with van der Waals surface area (Å²) in [5.74, 6) is 0. The van der Waals surface area contributed by atoms with Gasteiger partial charge in [-0.15, -0.1) is 6.58 Å². The molecule has 2 heteroatoms. The third kappa shape index (κ3) is 7.56. The Morgan fingerprint density at radius 1 is 1.18 bits per heavy atom. The van der Waals surface area contributed by atoms with E-state index < -0.39 is 0 Å². The van der Waals surface area contributed by atoms with Crippen molar-refractivity contribution in [1.82, 2.24) is 9.80 Å². The molecule has 0 unspecified atom stereocenters. The zero-order chi connectivity index (χ0) is 8.69. The molecular weight excluding hydrogens is 136 g/mol. The highest BCUT2D eigenvalue weighted by atomic mass is 15.1. The first kappa shape index (κ1) is 10.7. The summed E-state index contributed by atoms with van der Waals surface area (Å²) < 4.78 is 0. The van der Waals surface area contributed by atoms with Gasteiger partial charge in [0.2, 0.25) is 0 Å². The summed E-state index contributed by atoms with van der Waals surface area (Å²) in [6.45, 7) is 7.01. The molecule has 0 aromatic heterocycles. The van der Waals surface area contributed by atoms with Crippen molar-refractivity contribution in [3.05, 3.63) is 12.7 Å². The molecule has 0 bridgehead atoms. The Morgan fingerprint density at radius 2 is 1.82 bits per heavy atom. The van der Waals surface area contributed by atoms with Gasteiger partial charge >= 0.3 is 0 Å². The van der Waals surface area contributed by atoms with E-state index in [4.69, 9.17) is 0 Å². The molecule has 0 aromatic carbocycles. The van der Waals surface area contributed by atoms with Crippen molar-refractivity contribution in [2.45, 2.75) is 6.42 Å². The van der Waals surface area contributed by atoms with Crippen LogP contribution in [0.3, 0.4) is 0 Å². The molecule has 0 spiro atoms. The topological polar surface area (TPSA) is 6.48 Å². The second-order valence-electron chi connectivity index (χ2n) is 3.21. The maximum atomic E-state index is 3.69. The van der Waals surface area contributed by atoms with Crippen molar-refractivity contribution in [3.8, 4) is 0 Å². The highest BCUT2D eigenvalue weighted by Gasteiger charge is 1.94. The van der Waals surface area contributed by atoms with Gasteiger partial charge in [0.05, 0.1) is 0 Å². The average molecular weight is 156 g/mol. The van der Waals surface area contributed by atoms with E-state index in [9.17, 15) is 0 Å². The highest BCUT2D eigenvalue weighted by molar-refractivity contribution is 4.70. The van der Waals surface area contributed by atoms with Gasteiger partial charge < -0.3 is 9.80 Å². The Labute approximate surface area is 70.5 Å². The van der Waals surface area contributed by atoms with Crippen molar-refractivity contribution in [2.24, 2.45) is 0 Å². The van der Waals surface area contributed by atoms with Crippen molar-refractivity contribution in [3.63, 3.8) is 0 Å². The number of likely N-dealkylation sites (N-methyl/N-ethyl adjacent to an activating group) is 1. The lowest BCUT2D eigenvalue weighted by Crippen LogP contribution is -2.23. The minimum atomic E-state index is 0.993. The molecule has 0 aliphatic rings. The highest BCUT2D eigenvalue weighted by Crippen LogP contribution is 1.88. The molecule has 0 saturated carbocycles. The standard InChI is InChI=1S/C9H20N2/c1-5-7-11(4)9-6-8-10(2)3/h5H,1,6-9H2,2-4H3. The SMILES string of the molecule is C=CCN(C)CCCN(C)C. The van der Waals surface area contributed by atoms with Crippen LogP contribution < -0.4 is 0 Å². The van der Waals surface area contributed by atoms with Gasteiger partial charge in [-0.1, -0.05) is 6.08 Å². The summed E-state index contributed by atoms with van der Waals surface area (Å²) in [7, 11) is 6.33. The molecule has 0 atom stereocenters. The van der Waals surface area contributed by atoms with Crippen LogP contribution in [-0.4, -0.2) is 50.6 Å². The minimum Gasteiger partial charge on any atom is -0.309 e. The first-order valence-corrected chi connectivity index (χ1v) is 4.11. The number of hydrogen-bond donors (Lipinski definition) is 0. The molecule has 0 rings (SSSR count). The first-order chi connectivity index (χ1) is 5.16. The van der Waals surface area contributed by atoms with Crippen LogP contribution in [0, 0.1) is 0 Å². The van der Waals surface area contributed by atoms with Crippen LogP contribution in [0.2, 0.25) is 0 Å². The van der Waals surface area contributed by atoms with Crippen LogP contribution in [-0.2, 0) is 0 Å². The molecule has 0 amide bonds. The second-order valence-corrected chi connectivity index (χ2v) is 3.21. The predicted molar refractivity (Wildman–Crippen MR) is 50.9 cm³/mol. The van der Waals surface area contributed by atoms with Gasteiger partial charge in [-0.3, -0.25) is 0 Å². The van der Waals surface area contributed by atoms with Gasteiger partial charge in [0.15, 0.2) is 0 Å². The van der Waals surface area contributed by atoms with Gasteiger partial charge in [0.25, 0.3) is 0 Å². The van der Waals surface area contributed by atoms with Gasteiger partial charge in [0.1, 0.15) is 0 Å². The van der Waals surface area contributed by atoms with Crippen molar-refractivity contribution >= 4 is 0 Å². The minimum absolute atomic E-state index is 0.993. The summed E-state index contributed by atoms with van der Waals surface area (Å²) in [4.78, 5) is 4.48. The zero-order valence-electron chi connectivity index (χ0n) is 8.01. The molecule has 0 aromatic rings. The van der Waals surface area contributed by atoms with Crippen molar-refractivity contribution in [2.75, 3.05) is 40.8 Å². The molecular formula is C9H20N2. The molecule has 11 heavy (non-hydrogen) atoms. The van der Waals surface area contributed by atoms with Gasteiger partial charge in [-0.25, -0.2) is 0 Å². The smallest absolute Gasteiger partial charge is 0.0157 e. The molecule has 0 aliphatic carbocycles. The molecule has 0 heterocycles. The van der Waals surface area contributed by atoms with Gasteiger partial charge in [-0.2, -0.15) is 0 Å². The Kier molecular flexibility index (Phi) is 6.18. The summed E-state index contributed by atoms with van der Waals surface area (Å²) in [5, 5.41) is 0. The number of rotatable bonds is 6. The Balaban J connectivity index is 3.16. The van der Waals surface area contributed by atoms with E-state index in [-0.39, 0.29) is 0 Å².